The first-order valence-electron chi connectivity index (χ1n) is 12.7. The number of allylic oxidation sites excluding steroid dienone is 1. The van der Waals surface area contributed by atoms with E-state index < -0.39 is 0 Å². The largest absolute Gasteiger partial charge is 0.497 e. The Balaban J connectivity index is 1.62. The molecule has 1 fully saturated rings. The van der Waals surface area contributed by atoms with Gasteiger partial charge in [-0.1, -0.05) is 51.0 Å². The summed E-state index contributed by atoms with van der Waals surface area (Å²) in [5.41, 5.74) is 4.42. The molecule has 184 valence electrons. The molecule has 0 bridgehead atoms. The second-order valence-electron chi connectivity index (χ2n) is 10.8. The average Bonchev–Trinajstić information content (AvgIpc) is 3.28. The number of nitrogens with zero attached hydrogens (tertiary/aromatic N) is 1. The lowest BCUT2D eigenvalue weighted by Gasteiger charge is -2.38. The topological polar surface area (TPSA) is 70.7 Å². The molecule has 35 heavy (non-hydrogen) atoms. The van der Waals surface area contributed by atoms with Crippen LogP contribution in [0.4, 0.5) is 11.4 Å². The van der Waals surface area contributed by atoms with E-state index in [2.05, 4.69) is 29.4 Å². The van der Waals surface area contributed by atoms with E-state index in [0.29, 0.717) is 6.42 Å². The summed E-state index contributed by atoms with van der Waals surface area (Å²) in [6.07, 6.45) is 5.66. The molecule has 3 aliphatic rings. The van der Waals surface area contributed by atoms with Gasteiger partial charge in [-0.2, -0.15) is 0 Å². The van der Waals surface area contributed by atoms with Crippen LogP contribution < -0.4 is 20.3 Å². The van der Waals surface area contributed by atoms with E-state index in [9.17, 15) is 9.59 Å². The quantitative estimate of drug-likeness (QED) is 0.611. The van der Waals surface area contributed by atoms with E-state index >= 15 is 0 Å². The molecule has 1 unspecified atom stereocenters. The summed E-state index contributed by atoms with van der Waals surface area (Å²) in [4.78, 5) is 29.1. The summed E-state index contributed by atoms with van der Waals surface area (Å²) in [6, 6.07) is 15.8. The molecule has 1 saturated carbocycles. The summed E-state index contributed by atoms with van der Waals surface area (Å²) in [5.74, 6) is 0.896. The predicted octanol–water partition coefficient (Wildman–Crippen LogP) is 5.37. The Hall–Kier alpha value is -3.28. The monoisotopic (exact) mass is 473 g/mol. The van der Waals surface area contributed by atoms with Crippen molar-refractivity contribution in [3.05, 3.63) is 65.4 Å². The number of carbonyl (C=O) groups is 2. The van der Waals surface area contributed by atoms with Gasteiger partial charge in [0.05, 0.1) is 31.1 Å². The van der Waals surface area contributed by atoms with Crippen molar-refractivity contribution in [1.29, 1.82) is 0 Å². The van der Waals surface area contributed by atoms with Gasteiger partial charge in [0.25, 0.3) is 0 Å². The van der Waals surface area contributed by atoms with E-state index in [4.69, 9.17) is 4.74 Å². The number of carbonyl (C=O) groups excluding carboxylic acids is 2. The van der Waals surface area contributed by atoms with Crippen LogP contribution in [0.15, 0.2) is 59.8 Å². The number of nitrogens with one attached hydrogen (secondary N) is 2. The highest BCUT2D eigenvalue weighted by Crippen LogP contribution is 2.48. The zero-order valence-corrected chi connectivity index (χ0v) is 20.9. The Labute approximate surface area is 207 Å². The third kappa shape index (κ3) is 4.79. The van der Waals surface area contributed by atoms with Crippen LogP contribution in [-0.4, -0.2) is 31.4 Å². The number of benzene rings is 2. The lowest BCUT2D eigenvalue weighted by Crippen LogP contribution is -2.44. The highest BCUT2D eigenvalue weighted by atomic mass is 16.5. The van der Waals surface area contributed by atoms with Crippen molar-refractivity contribution < 1.29 is 14.3 Å². The Morgan fingerprint density at radius 1 is 1.09 bits per heavy atom. The first-order chi connectivity index (χ1) is 16.8. The van der Waals surface area contributed by atoms with Gasteiger partial charge < -0.3 is 20.3 Å². The maximum absolute atomic E-state index is 13.7. The molecule has 1 atom stereocenters. The number of ketones is 1. The van der Waals surface area contributed by atoms with Gasteiger partial charge in [0.2, 0.25) is 5.91 Å². The zero-order chi connectivity index (χ0) is 24.6. The summed E-state index contributed by atoms with van der Waals surface area (Å²) in [7, 11) is 1.65. The standard InChI is InChI=1S/C29H35N3O3/c1-29(2)16-23-27(25(33)17-29)28(19-12-14-21(35-3)15-13-19)32(24-11-7-6-10-22(24)31-23)18-26(34)30-20-8-4-5-9-20/h6-7,10-15,20,28,31H,4-5,8-9,16-18H2,1-3H3,(H,30,34). The molecule has 0 radical (unpaired) electrons. The summed E-state index contributed by atoms with van der Waals surface area (Å²) >= 11 is 0. The number of anilines is 2. The Morgan fingerprint density at radius 3 is 2.51 bits per heavy atom. The summed E-state index contributed by atoms with van der Waals surface area (Å²) in [5, 5.41) is 6.85. The Bertz CT molecular complexity index is 1150. The Kier molecular flexibility index (Phi) is 6.30. The third-order valence-corrected chi connectivity index (χ3v) is 7.47. The molecule has 6 heteroatoms. The van der Waals surface area contributed by atoms with Crippen LogP contribution in [0.1, 0.15) is 64.0 Å². The number of para-hydroxylation sites is 2. The molecule has 6 nitrogen and oxygen atoms in total. The molecule has 2 aliphatic carbocycles. The number of hydrogen-bond acceptors (Lipinski definition) is 5. The molecule has 2 aromatic rings. The number of methoxy groups -OCH3 is 1. The molecule has 0 spiro atoms. The first-order valence-corrected chi connectivity index (χ1v) is 12.7. The van der Waals surface area contributed by atoms with E-state index in [0.717, 1.165) is 66.1 Å². The van der Waals surface area contributed by atoms with Crippen molar-refractivity contribution in [1.82, 2.24) is 5.32 Å². The fourth-order valence-corrected chi connectivity index (χ4v) is 5.86. The SMILES string of the molecule is COc1ccc(C2C3=C(CC(C)(C)CC3=O)Nc3ccccc3N2CC(=O)NC2CCCC2)cc1. The average molecular weight is 474 g/mol. The second kappa shape index (κ2) is 9.40. The minimum absolute atomic E-state index is 0.00199. The molecule has 1 heterocycles. The van der Waals surface area contributed by atoms with Crippen molar-refractivity contribution >= 4 is 23.1 Å². The van der Waals surface area contributed by atoms with Crippen LogP contribution in [0.2, 0.25) is 0 Å². The van der Waals surface area contributed by atoms with Crippen molar-refractivity contribution in [2.24, 2.45) is 5.41 Å². The molecule has 2 N–H and O–H groups in total. The van der Waals surface area contributed by atoms with Gasteiger partial charge in [-0.05, 0) is 54.5 Å². The van der Waals surface area contributed by atoms with Gasteiger partial charge in [-0.25, -0.2) is 0 Å². The normalized spacial score (nSPS) is 21.6. The number of Topliss-reactive ketones (excluding diaryl/α,β-unsaturated/α-hetero) is 1. The minimum Gasteiger partial charge on any atom is -0.497 e. The number of amides is 1. The van der Waals surface area contributed by atoms with E-state index in [1.54, 1.807) is 7.11 Å². The van der Waals surface area contributed by atoms with Crippen LogP contribution >= 0.6 is 0 Å². The van der Waals surface area contributed by atoms with Gasteiger partial charge in [-0.3, -0.25) is 9.59 Å². The van der Waals surface area contributed by atoms with Crippen LogP contribution in [-0.2, 0) is 9.59 Å². The fourth-order valence-electron chi connectivity index (χ4n) is 5.86. The van der Waals surface area contributed by atoms with Crippen molar-refractivity contribution in [2.45, 2.75) is 64.5 Å². The van der Waals surface area contributed by atoms with Crippen molar-refractivity contribution in [2.75, 3.05) is 23.9 Å². The summed E-state index contributed by atoms with van der Waals surface area (Å²) < 4.78 is 5.39. The zero-order valence-electron chi connectivity index (χ0n) is 20.9. The van der Waals surface area contributed by atoms with Gasteiger partial charge in [0, 0.05) is 23.7 Å². The number of hydrogen-bond donors (Lipinski definition) is 2. The predicted molar refractivity (Wildman–Crippen MR) is 139 cm³/mol. The number of rotatable bonds is 5. The highest BCUT2D eigenvalue weighted by molar-refractivity contribution is 6.01. The number of ether oxygens (including phenoxy) is 1. The van der Waals surface area contributed by atoms with E-state index in [1.807, 2.05) is 48.5 Å². The fraction of sp³-hybridized carbons (Fsp3) is 0.448. The van der Waals surface area contributed by atoms with Crippen LogP contribution in [0, 0.1) is 5.41 Å². The molecular weight excluding hydrogens is 438 g/mol. The number of fused-ring (bicyclic) bond motifs is 1. The molecule has 2 aromatic carbocycles. The second-order valence-corrected chi connectivity index (χ2v) is 10.8. The van der Waals surface area contributed by atoms with E-state index in [1.165, 1.54) is 0 Å². The lowest BCUT2D eigenvalue weighted by molar-refractivity contribution is -0.121. The van der Waals surface area contributed by atoms with Gasteiger partial charge in [0.15, 0.2) is 5.78 Å². The van der Waals surface area contributed by atoms with Gasteiger partial charge in [0.1, 0.15) is 5.75 Å². The molecule has 0 saturated heterocycles. The molecular formula is C29H35N3O3. The maximum Gasteiger partial charge on any atom is 0.239 e. The summed E-state index contributed by atoms with van der Waals surface area (Å²) in [6.45, 7) is 4.46. The highest BCUT2D eigenvalue weighted by Gasteiger charge is 2.42. The van der Waals surface area contributed by atoms with Crippen LogP contribution in [0.25, 0.3) is 0 Å². The third-order valence-electron chi connectivity index (χ3n) is 7.47. The molecule has 1 aliphatic heterocycles. The van der Waals surface area contributed by atoms with Crippen LogP contribution in [0.5, 0.6) is 5.75 Å². The van der Waals surface area contributed by atoms with Gasteiger partial charge >= 0.3 is 0 Å². The first kappa shape index (κ1) is 23.5. The van der Waals surface area contributed by atoms with Crippen LogP contribution in [0.3, 0.4) is 0 Å². The van der Waals surface area contributed by atoms with Crippen molar-refractivity contribution in [3.63, 3.8) is 0 Å². The molecule has 5 rings (SSSR count). The molecule has 0 aromatic heterocycles. The molecule has 1 amide bonds. The van der Waals surface area contributed by atoms with Crippen molar-refractivity contribution in [3.8, 4) is 5.75 Å². The Morgan fingerprint density at radius 2 is 1.80 bits per heavy atom. The van der Waals surface area contributed by atoms with Gasteiger partial charge in [-0.15, -0.1) is 0 Å². The maximum atomic E-state index is 13.7. The minimum atomic E-state index is -0.370. The van der Waals surface area contributed by atoms with E-state index in [-0.39, 0.29) is 35.7 Å². The smallest absolute Gasteiger partial charge is 0.239 e. The lowest BCUT2D eigenvalue weighted by atomic mass is 9.73.